The van der Waals surface area contributed by atoms with Gasteiger partial charge in [0.25, 0.3) is 0 Å². The van der Waals surface area contributed by atoms with Crippen molar-refractivity contribution in [2.24, 2.45) is 0 Å². The third-order valence-electron chi connectivity index (χ3n) is 2.91. The summed E-state index contributed by atoms with van der Waals surface area (Å²) in [7, 11) is 0. The average Bonchev–Trinajstić information content (AvgIpc) is 2.92. The van der Waals surface area contributed by atoms with Gasteiger partial charge in [-0.2, -0.15) is 5.10 Å². The van der Waals surface area contributed by atoms with E-state index in [1.54, 1.807) is 6.33 Å². The fraction of sp³-hybridized carbons (Fsp3) is 0.375. The van der Waals surface area contributed by atoms with Gasteiger partial charge in [-0.15, -0.1) is 11.6 Å². The number of benzene rings is 1. The molecule has 0 aliphatic rings. The SMILES string of the molecule is CCCn1ncnc1COc1ccc(C)cc1C#CCCl. The topological polar surface area (TPSA) is 39.9 Å². The first-order valence-corrected chi connectivity index (χ1v) is 7.43. The van der Waals surface area contributed by atoms with Crippen molar-refractivity contribution in [3.05, 3.63) is 41.5 Å². The van der Waals surface area contributed by atoms with Crippen LogP contribution >= 0.6 is 11.6 Å². The molecule has 1 aromatic heterocycles. The minimum atomic E-state index is 0.304. The Hall–Kier alpha value is -1.99. The van der Waals surface area contributed by atoms with Gasteiger partial charge >= 0.3 is 0 Å². The van der Waals surface area contributed by atoms with Gasteiger partial charge in [0.1, 0.15) is 18.7 Å². The monoisotopic (exact) mass is 303 g/mol. The lowest BCUT2D eigenvalue weighted by molar-refractivity contribution is 0.285. The van der Waals surface area contributed by atoms with Crippen LogP contribution in [-0.2, 0) is 13.2 Å². The average molecular weight is 304 g/mol. The number of aryl methyl sites for hydroxylation is 2. The molecule has 0 unspecified atom stereocenters. The van der Waals surface area contributed by atoms with E-state index < -0.39 is 0 Å². The Morgan fingerprint density at radius 1 is 1.38 bits per heavy atom. The summed E-state index contributed by atoms with van der Waals surface area (Å²) in [6.07, 6.45) is 2.56. The van der Waals surface area contributed by atoms with Crippen molar-refractivity contribution in [2.45, 2.75) is 33.4 Å². The Morgan fingerprint density at radius 3 is 3.00 bits per heavy atom. The molecule has 0 aliphatic heterocycles. The lowest BCUT2D eigenvalue weighted by atomic mass is 10.1. The highest BCUT2D eigenvalue weighted by molar-refractivity contribution is 6.19. The number of hydrogen-bond acceptors (Lipinski definition) is 3. The van der Waals surface area contributed by atoms with Crippen molar-refractivity contribution in [3.8, 4) is 17.6 Å². The molecule has 5 heteroatoms. The molecular weight excluding hydrogens is 286 g/mol. The van der Waals surface area contributed by atoms with Crippen LogP contribution in [0.2, 0.25) is 0 Å². The van der Waals surface area contributed by atoms with Crippen LogP contribution in [0.5, 0.6) is 5.75 Å². The summed E-state index contributed by atoms with van der Waals surface area (Å²) in [5.74, 6) is 7.74. The van der Waals surface area contributed by atoms with Crippen molar-refractivity contribution in [1.82, 2.24) is 14.8 Å². The minimum absolute atomic E-state index is 0.304. The summed E-state index contributed by atoms with van der Waals surface area (Å²) in [5, 5.41) is 4.18. The number of halogens is 1. The van der Waals surface area contributed by atoms with Gasteiger partial charge in [-0.05, 0) is 31.0 Å². The molecule has 0 radical (unpaired) electrons. The first kappa shape index (κ1) is 15.4. The Bertz CT molecular complexity index is 655. The molecule has 0 fully saturated rings. The van der Waals surface area contributed by atoms with Crippen molar-refractivity contribution in [2.75, 3.05) is 5.88 Å². The summed E-state index contributed by atoms with van der Waals surface area (Å²) in [5.41, 5.74) is 1.98. The highest BCUT2D eigenvalue weighted by atomic mass is 35.5. The molecule has 2 rings (SSSR count). The van der Waals surface area contributed by atoms with Gasteiger partial charge in [-0.25, -0.2) is 9.67 Å². The number of aromatic nitrogens is 3. The summed E-state index contributed by atoms with van der Waals surface area (Å²) in [6, 6.07) is 5.91. The maximum Gasteiger partial charge on any atom is 0.164 e. The van der Waals surface area contributed by atoms with Gasteiger partial charge in [-0.3, -0.25) is 0 Å². The van der Waals surface area contributed by atoms with E-state index in [0.717, 1.165) is 35.7 Å². The first-order chi connectivity index (χ1) is 10.2. The van der Waals surface area contributed by atoms with Crippen LogP contribution in [0.15, 0.2) is 24.5 Å². The third kappa shape index (κ3) is 4.24. The summed E-state index contributed by atoms with van der Waals surface area (Å²) >= 11 is 5.62. The van der Waals surface area contributed by atoms with Gasteiger partial charge < -0.3 is 4.74 Å². The number of ether oxygens (including phenoxy) is 1. The van der Waals surface area contributed by atoms with Crippen LogP contribution in [0.4, 0.5) is 0 Å². The number of nitrogens with zero attached hydrogens (tertiary/aromatic N) is 3. The second-order valence-corrected chi connectivity index (χ2v) is 4.89. The zero-order valence-electron chi connectivity index (χ0n) is 12.3. The van der Waals surface area contributed by atoms with Crippen LogP contribution in [0.1, 0.15) is 30.3 Å². The highest BCUT2D eigenvalue weighted by Crippen LogP contribution is 2.20. The largest absolute Gasteiger partial charge is 0.484 e. The van der Waals surface area contributed by atoms with E-state index in [4.69, 9.17) is 16.3 Å². The van der Waals surface area contributed by atoms with Crippen molar-refractivity contribution >= 4 is 11.6 Å². The van der Waals surface area contributed by atoms with E-state index in [0.29, 0.717) is 12.5 Å². The molecule has 4 nitrogen and oxygen atoms in total. The molecule has 0 amide bonds. The molecule has 21 heavy (non-hydrogen) atoms. The molecule has 0 spiro atoms. The maximum absolute atomic E-state index is 5.85. The van der Waals surface area contributed by atoms with E-state index in [1.807, 2.05) is 29.8 Å². The molecule has 1 heterocycles. The third-order valence-corrected chi connectivity index (χ3v) is 3.05. The second-order valence-electron chi connectivity index (χ2n) is 4.62. The Kier molecular flexibility index (Phi) is 5.65. The molecule has 0 saturated carbocycles. The van der Waals surface area contributed by atoms with Crippen LogP contribution < -0.4 is 4.74 Å². The smallest absolute Gasteiger partial charge is 0.164 e. The number of alkyl halides is 1. The molecule has 0 aliphatic carbocycles. The van der Waals surface area contributed by atoms with Gasteiger partial charge in [0.05, 0.1) is 11.4 Å². The highest BCUT2D eigenvalue weighted by Gasteiger charge is 2.07. The Labute approximate surface area is 130 Å². The predicted molar refractivity (Wildman–Crippen MR) is 83.4 cm³/mol. The molecule has 0 N–H and O–H groups in total. The summed E-state index contributed by atoms with van der Waals surface area (Å²) < 4.78 is 7.71. The summed E-state index contributed by atoms with van der Waals surface area (Å²) in [6.45, 7) is 5.34. The van der Waals surface area contributed by atoms with Crippen LogP contribution in [0.3, 0.4) is 0 Å². The van der Waals surface area contributed by atoms with Gasteiger partial charge in [0.2, 0.25) is 0 Å². The first-order valence-electron chi connectivity index (χ1n) is 6.89. The summed E-state index contributed by atoms with van der Waals surface area (Å²) in [4.78, 5) is 4.23. The van der Waals surface area contributed by atoms with Crippen LogP contribution in [0.25, 0.3) is 0 Å². The van der Waals surface area contributed by atoms with Crippen LogP contribution in [0, 0.1) is 18.8 Å². The molecular formula is C16H18ClN3O. The van der Waals surface area contributed by atoms with E-state index in [1.165, 1.54) is 0 Å². The normalized spacial score (nSPS) is 10.0. The molecule has 0 saturated heterocycles. The number of rotatable bonds is 5. The molecule has 0 atom stereocenters. The lowest BCUT2D eigenvalue weighted by Gasteiger charge is -2.09. The van der Waals surface area contributed by atoms with Crippen molar-refractivity contribution in [3.63, 3.8) is 0 Å². The zero-order chi connectivity index (χ0) is 15.1. The van der Waals surface area contributed by atoms with E-state index in [9.17, 15) is 0 Å². The number of hydrogen-bond donors (Lipinski definition) is 0. The molecule has 2 aromatic rings. The molecule has 110 valence electrons. The maximum atomic E-state index is 5.85. The van der Waals surface area contributed by atoms with Gasteiger partial charge in [-0.1, -0.05) is 24.8 Å². The molecule has 0 bridgehead atoms. The van der Waals surface area contributed by atoms with E-state index in [-0.39, 0.29) is 0 Å². The Morgan fingerprint density at radius 2 is 2.24 bits per heavy atom. The molecule has 1 aromatic carbocycles. The zero-order valence-corrected chi connectivity index (χ0v) is 13.0. The van der Waals surface area contributed by atoms with Crippen LogP contribution in [-0.4, -0.2) is 20.6 Å². The standard InChI is InChI=1S/C16H18ClN3O/c1-3-9-20-16(18-12-19-20)11-21-15-7-6-13(2)10-14(15)5-4-8-17/h6-7,10,12H,3,8-9,11H2,1-2H3. The minimum Gasteiger partial charge on any atom is -0.484 e. The lowest BCUT2D eigenvalue weighted by Crippen LogP contribution is -2.09. The van der Waals surface area contributed by atoms with Gasteiger partial charge in [0.15, 0.2) is 5.82 Å². The van der Waals surface area contributed by atoms with Crippen molar-refractivity contribution in [1.29, 1.82) is 0 Å². The van der Waals surface area contributed by atoms with E-state index in [2.05, 4.69) is 28.8 Å². The predicted octanol–water partition coefficient (Wildman–Crippen LogP) is 3.17. The van der Waals surface area contributed by atoms with E-state index >= 15 is 0 Å². The van der Waals surface area contributed by atoms with Crippen molar-refractivity contribution < 1.29 is 4.74 Å². The second kappa shape index (κ2) is 7.70. The fourth-order valence-electron chi connectivity index (χ4n) is 1.94. The quantitative estimate of drug-likeness (QED) is 0.629. The van der Waals surface area contributed by atoms with Gasteiger partial charge in [0, 0.05) is 6.54 Å². The fourth-order valence-corrected chi connectivity index (χ4v) is 2.00. The Balaban J connectivity index is 2.14.